The average Bonchev–Trinajstić information content (AvgIpc) is 2.68. The van der Waals surface area contributed by atoms with Crippen molar-refractivity contribution in [1.82, 2.24) is 9.29 Å². The van der Waals surface area contributed by atoms with Crippen LogP contribution in [0.25, 0.3) is 0 Å². The summed E-state index contributed by atoms with van der Waals surface area (Å²) in [5.41, 5.74) is 0.801. The number of hydrogen-bond acceptors (Lipinski definition) is 5. The van der Waals surface area contributed by atoms with Crippen molar-refractivity contribution in [1.29, 1.82) is 0 Å². The number of amides is 1. The molecule has 3 rings (SSSR count). The molecule has 1 aliphatic rings. The van der Waals surface area contributed by atoms with Gasteiger partial charge in [-0.15, -0.1) is 0 Å². The van der Waals surface area contributed by atoms with E-state index in [4.69, 9.17) is 4.74 Å². The maximum absolute atomic E-state index is 12.9. The van der Waals surface area contributed by atoms with Gasteiger partial charge in [0.05, 0.1) is 12.0 Å². The van der Waals surface area contributed by atoms with E-state index in [1.807, 2.05) is 6.92 Å². The predicted molar refractivity (Wildman–Crippen MR) is 102 cm³/mol. The van der Waals surface area contributed by atoms with Crippen molar-refractivity contribution in [2.75, 3.05) is 19.0 Å². The molecule has 1 unspecified atom stereocenters. The van der Waals surface area contributed by atoms with E-state index in [0.29, 0.717) is 23.7 Å². The lowest BCUT2D eigenvalue weighted by Crippen LogP contribution is -2.41. The van der Waals surface area contributed by atoms with E-state index < -0.39 is 10.0 Å². The second kappa shape index (κ2) is 8.06. The van der Waals surface area contributed by atoms with Gasteiger partial charge in [-0.2, -0.15) is 4.31 Å². The zero-order valence-corrected chi connectivity index (χ0v) is 16.2. The molecule has 0 radical (unpaired) electrons. The molecule has 8 heteroatoms. The van der Waals surface area contributed by atoms with Gasteiger partial charge in [0, 0.05) is 24.3 Å². The molecule has 2 heterocycles. The minimum absolute atomic E-state index is 0.00947. The Balaban J connectivity index is 1.77. The molecule has 1 aliphatic heterocycles. The molecule has 1 fully saturated rings. The van der Waals surface area contributed by atoms with E-state index in [9.17, 15) is 13.2 Å². The third-order valence-electron chi connectivity index (χ3n) is 4.68. The number of nitrogens with zero attached hydrogens (tertiary/aromatic N) is 2. The van der Waals surface area contributed by atoms with Gasteiger partial charge < -0.3 is 10.1 Å². The SMILES string of the molecule is COc1ncccc1NC(=O)c1ccc(S(=O)(=O)N2CCCCC2C)cc1. The molecular weight excluding hydrogens is 366 g/mol. The van der Waals surface area contributed by atoms with Gasteiger partial charge in [-0.1, -0.05) is 6.42 Å². The number of rotatable bonds is 5. The Kier molecular flexibility index (Phi) is 5.76. The Bertz CT molecular complexity index is 913. The zero-order chi connectivity index (χ0) is 19.4. The number of anilines is 1. The molecule has 27 heavy (non-hydrogen) atoms. The minimum atomic E-state index is -3.55. The molecule has 1 aromatic heterocycles. The fourth-order valence-corrected chi connectivity index (χ4v) is 4.89. The lowest BCUT2D eigenvalue weighted by molar-refractivity contribution is 0.102. The Morgan fingerprint density at radius 1 is 1.22 bits per heavy atom. The molecule has 0 saturated carbocycles. The average molecular weight is 389 g/mol. The van der Waals surface area contributed by atoms with Gasteiger partial charge in [-0.3, -0.25) is 4.79 Å². The van der Waals surface area contributed by atoms with Crippen molar-refractivity contribution < 1.29 is 17.9 Å². The maximum atomic E-state index is 12.9. The summed E-state index contributed by atoms with van der Waals surface area (Å²) in [7, 11) is -2.08. The van der Waals surface area contributed by atoms with Crippen LogP contribution in [0.4, 0.5) is 5.69 Å². The summed E-state index contributed by atoms with van der Waals surface area (Å²) in [6.45, 7) is 2.46. The number of pyridine rings is 1. The van der Waals surface area contributed by atoms with E-state index >= 15 is 0 Å². The molecule has 1 N–H and O–H groups in total. The number of hydrogen-bond donors (Lipinski definition) is 1. The number of aromatic nitrogens is 1. The molecule has 1 atom stereocenters. The largest absolute Gasteiger partial charge is 0.480 e. The maximum Gasteiger partial charge on any atom is 0.255 e. The lowest BCUT2D eigenvalue weighted by atomic mass is 10.1. The Morgan fingerprint density at radius 3 is 2.63 bits per heavy atom. The second-order valence-electron chi connectivity index (χ2n) is 6.50. The fourth-order valence-electron chi connectivity index (χ4n) is 3.19. The highest BCUT2D eigenvalue weighted by molar-refractivity contribution is 7.89. The van der Waals surface area contributed by atoms with E-state index in [1.165, 1.54) is 31.4 Å². The number of methoxy groups -OCH3 is 1. The summed E-state index contributed by atoms with van der Waals surface area (Å²) >= 11 is 0. The molecule has 2 aromatic rings. The highest BCUT2D eigenvalue weighted by Crippen LogP contribution is 2.26. The quantitative estimate of drug-likeness (QED) is 0.849. The number of benzene rings is 1. The standard InChI is InChI=1S/C19H23N3O4S/c1-14-6-3-4-13-22(14)27(24,25)16-10-8-15(9-11-16)18(23)21-17-7-5-12-20-19(17)26-2/h5,7-12,14H,3-4,6,13H2,1-2H3,(H,21,23). The molecule has 144 valence electrons. The Morgan fingerprint density at radius 2 is 1.96 bits per heavy atom. The van der Waals surface area contributed by atoms with Gasteiger partial charge in [0.25, 0.3) is 5.91 Å². The topological polar surface area (TPSA) is 88.6 Å². The summed E-state index contributed by atoms with van der Waals surface area (Å²) in [5.74, 6) is -0.0549. The number of ether oxygens (including phenoxy) is 1. The third-order valence-corrected chi connectivity index (χ3v) is 6.71. The number of sulfonamides is 1. The smallest absolute Gasteiger partial charge is 0.255 e. The molecule has 0 aliphatic carbocycles. The van der Waals surface area contributed by atoms with Crippen molar-refractivity contribution in [2.24, 2.45) is 0 Å². The monoisotopic (exact) mass is 389 g/mol. The Labute approximate surface area is 159 Å². The summed E-state index contributed by atoms with van der Waals surface area (Å²) in [5, 5.41) is 2.72. The van der Waals surface area contributed by atoms with Crippen molar-refractivity contribution >= 4 is 21.6 Å². The van der Waals surface area contributed by atoms with Crippen LogP contribution in [0, 0.1) is 0 Å². The van der Waals surface area contributed by atoms with Crippen molar-refractivity contribution in [3.05, 3.63) is 48.2 Å². The van der Waals surface area contributed by atoms with Gasteiger partial charge in [0.1, 0.15) is 5.69 Å². The van der Waals surface area contributed by atoms with Crippen molar-refractivity contribution in [3.8, 4) is 5.88 Å². The summed E-state index contributed by atoms with van der Waals surface area (Å²) in [6, 6.07) is 9.34. The lowest BCUT2D eigenvalue weighted by Gasteiger charge is -2.32. The normalized spacial score (nSPS) is 18.1. The van der Waals surface area contributed by atoms with Crippen LogP contribution in [0.1, 0.15) is 36.5 Å². The molecule has 0 spiro atoms. The first-order valence-electron chi connectivity index (χ1n) is 8.86. The van der Waals surface area contributed by atoms with E-state index in [1.54, 1.807) is 22.6 Å². The Hall–Kier alpha value is -2.45. The van der Waals surface area contributed by atoms with Gasteiger partial charge in [-0.05, 0) is 56.2 Å². The number of carbonyl (C=O) groups is 1. The van der Waals surface area contributed by atoms with Crippen LogP contribution in [0.2, 0.25) is 0 Å². The predicted octanol–water partition coefficient (Wildman–Crippen LogP) is 2.91. The molecule has 0 bridgehead atoms. The first kappa shape index (κ1) is 19.3. The summed E-state index contributed by atoms with van der Waals surface area (Å²) < 4.78 is 32.4. The molecule has 1 aromatic carbocycles. The molecule has 1 amide bonds. The van der Waals surface area contributed by atoms with Crippen LogP contribution < -0.4 is 10.1 Å². The van der Waals surface area contributed by atoms with E-state index in [2.05, 4.69) is 10.3 Å². The van der Waals surface area contributed by atoms with Gasteiger partial charge in [-0.25, -0.2) is 13.4 Å². The van der Waals surface area contributed by atoms with Gasteiger partial charge in [0.2, 0.25) is 15.9 Å². The number of carbonyl (C=O) groups excluding carboxylic acids is 1. The summed E-state index contributed by atoms with van der Waals surface area (Å²) in [6.07, 6.45) is 4.35. The minimum Gasteiger partial charge on any atom is -0.480 e. The van der Waals surface area contributed by atoms with Crippen LogP contribution >= 0.6 is 0 Å². The highest BCUT2D eigenvalue weighted by Gasteiger charge is 2.30. The zero-order valence-electron chi connectivity index (χ0n) is 15.4. The molecule has 7 nitrogen and oxygen atoms in total. The van der Waals surface area contributed by atoms with Crippen LogP contribution in [0.5, 0.6) is 5.88 Å². The van der Waals surface area contributed by atoms with Crippen LogP contribution in [0.3, 0.4) is 0 Å². The molecule has 1 saturated heterocycles. The first-order chi connectivity index (χ1) is 12.9. The van der Waals surface area contributed by atoms with Crippen LogP contribution in [0.15, 0.2) is 47.5 Å². The third kappa shape index (κ3) is 4.12. The highest BCUT2D eigenvalue weighted by atomic mass is 32.2. The molecular formula is C19H23N3O4S. The van der Waals surface area contributed by atoms with E-state index in [-0.39, 0.29) is 16.8 Å². The fraction of sp³-hybridized carbons (Fsp3) is 0.368. The first-order valence-corrected chi connectivity index (χ1v) is 10.3. The van der Waals surface area contributed by atoms with Crippen LogP contribution in [-0.2, 0) is 10.0 Å². The van der Waals surface area contributed by atoms with Gasteiger partial charge in [0.15, 0.2) is 0 Å². The van der Waals surface area contributed by atoms with E-state index in [0.717, 1.165) is 19.3 Å². The van der Waals surface area contributed by atoms with Crippen LogP contribution in [-0.4, -0.2) is 43.3 Å². The second-order valence-corrected chi connectivity index (χ2v) is 8.39. The van der Waals surface area contributed by atoms with Crippen molar-refractivity contribution in [3.63, 3.8) is 0 Å². The number of piperidine rings is 1. The van der Waals surface area contributed by atoms with Crippen molar-refractivity contribution in [2.45, 2.75) is 37.1 Å². The summed E-state index contributed by atoms with van der Waals surface area (Å²) in [4.78, 5) is 16.7. The van der Waals surface area contributed by atoms with Gasteiger partial charge >= 0.3 is 0 Å². The number of nitrogens with one attached hydrogen (secondary N) is 1.